The molecule has 1 aromatic carbocycles. The van der Waals surface area contributed by atoms with Crippen LogP contribution in [-0.2, 0) is 0 Å². The fourth-order valence-electron chi connectivity index (χ4n) is 2.73. The van der Waals surface area contributed by atoms with Gasteiger partial charge in [-0.25, -0.2) is 4.98 Å². The fraction of sp³-hybridized carbons (Fsp3) is 0.167. The molecule has 4 rings (SSSR count). The highest BCUT2D eigenvalue weighted by Crippen LogP contribution is 2.31. The van der Waals surface area contributed by atoms with Crippen molar-refractivity contribution >= 4 is 63.9 Å². The second kappa shape index (κ2) is 8.06. The van der Waals surface area contributed by atoms with Crippen LogP contribution >= 0.6 is 46.5 Å². The molecule has 27 heavy (non-hydrogen) atoms. The van der Waals surface area contributed by atoms with E-state index in [2.05, 4.69) is 19.6 Å². The van der Waals surface area contributed by atoms with E-state index in [1.54, 1.807) is 35.8 Å². The molecule has 0 spiro atoms. The zero-order valence-electron chi connectivity index (χ0n) is 14.0. The summed E-state index contributed by atoms with van der Waals surface area (Å²) >= 11 is 15.7. The third kappa shape index (κ3) is 4.21. The Morgan fingerprint density at radius 2 is 2.07 bits per heavy atom. The Hall–Kier alpha value is -1.80. The number of thiazole rings is 1. The van der Waals surface area contributed by atoms with Gasteiger partial charge in [0.2, 0.25) is 0 Å². The summed E-state index contributed by atoms with van der Waals surface area (Å²) in [7, 11) is 0. The Morgan fingerprint density at radius 1 is 1.19 bits per heavy atom. The lowest BCUT2D eigenvalue weighted by Crippen LogP contribution is -2.16. The maximum atomic E-state index is 12.8. The molecule has 138 valence electrons. The third-order valence-electron chi connectivity index (χ3n) is 3.97. The number of carbonyl (C=O) groups excluding carboxylic acids is 1. The van der Waals surface area contributed by atoms with Crippen LogP contribution in [0.4, 0.5) is 11.5 Å². The van der Waals surface area contributed by atoms with Crippen molar-refractivity contribution in [3.8, 4) is 10.4 Å². The number of amides is 1. The number of anilines is 2. The molecular weight excluding hydrogens is 423 g/mol. The summed E-state index contributed by atoms with van der Waals surface area (Å²) < 4.78 is 2.08. The molecule has 0 radical (unpaired) electrons. The number of nitrogens with one attached hydrogen (secondary N) is 1. The van der Waals surface area contributed by atoms with E-state index in [9.17, 15) is 4.79 Å². The summed E-state index contributed by atoms with van der Waals surface area (Å²) in [5.74, 6) is 1.49. The first-order chi connectivity index (χ1) is 13.1. The zero-order valence-corrected chi connectivity index (χ0v) is 17.1. The first-order valence-corrected chi connectivity index (χ1v) is 10.7. The number of benzene rings is 1. The highest BCUT2D eigenvalue weighted by Gasteiger charge is 2.19. The number of rotatable bonds is 4. The van der Waals surface area contributed by atoms with Crippen molar-refractivity contribution in [3.05, 3.63) is 57.8 Å². The first kappa shape index (κ1) is 18.6. The lowest BCUT2D eigenvalue weighted by molar-refractivity contribution is 0.102. The van der Waals surface area contributed by atoms with Crippen LogP contribution < -0.4 is 9.62 Å². The number of carbonyl (C=O) groups is 1. The lowest BCUT2D eigenvalue weighted by atomic mass is 10.1. The summed E-state index contributed by atoms with van der Waals surface area (Å²) in [6.45, 7) is 0.910. The van der Waals surface area contributed by atoms with Gasteiger partial charge in [0, 0.05) is 35.4 Å². The highest BCUT2D eigenvalue weighted by molar-refractivity contribution is 8.00. The van der Waals surface area contributed by atoms with Crippen molar-refractivity contribution < 1.29 is 4.79 Å². The molecule has 3 aromatic rings. The van der Waals surface area contributed by atoms with Crippen LogP contribution in [0, 0.1) is 0 Å². The van der Waals surface area contributed by atoms with E-state index in [1.165, 1.54) is 17.5 Å². The number of pyridine rings is 1. The van der Waals surface area contributed by atoms with Gasteiger partial charge in [-0.05, 0) is 48.2 Å². The third-order valence-corrected chi connectivity index (χ3v) is 6.46. The Kier molecular flexibility index (Phi) is 5.54. The minimum Gasteiger partial charge on any atom is -0.322 e. The van der Waals surface area contributed by atoms with Crippen LogP contribution in [0.5, 0.6) is 0 Å². The smallest absolute Gasteiger partial charge is 0.257 e. The Labute approximate surface area is 174 Å². The summed E-state index contributed by atoms with van der Waals surface area (Å²) in [6.07, 6.45) is 4.38. The minimum atomic E-state index is -0.301. The Balaban J connectivity index is 1.60. The summed E-state index contributed by atoms with van der Waals surface area (Å²) in [5, 5.41) is 3.73. The number of halogens is 2. The van der Waals surface area contributed by atoms with Gasteiger partial charge in [-0.2, -0.15) is 0 Å². The van der Waals surface area contributed by atoms with E-state index in [0.717, 1.165) is 35.0 Å². The standard InChI is InChI=1S/C18H14Cl2N4OS2/c19-12-4-11(16-9-21-10-26-16)5-13(6-12)23-18(25)14-7-17(22-8-15(14)20)24-2-1-3-27-24/h4-10H,1-3H2,(H,23,25). The molecule has 0 atom stereocenters. The highest BCUT2D eigenvalue weighted by atomic mass is 35.5. The molecule has 9 heteroatoms. The fourth-order valence-corrected chi connectivity index (χ4v) is 4.73. The second-order valence-corrected chi connectivity index (χ2v) is 8.70. The van der Waals surface area contributed by atoms with E-state index in [-0.39, 0.29) is 5.91 Å². The van der Waals surface area contributed by atoms with Gasteiger partial charge in [-0.1, -0.05) is 23.2 Å². The molecule has 1 aliphatic rings. The van der Waals surface area contributed by atoms with E-state index >= 15 is 0 Å². The van der Waals surface area contributed by atoms with Gasteiger partial charge in [0.1, 0.15) is 5.82 Å². The van der Waals surface area contributed by atoms with Crippen LogP contribution in [0.1, 0.15) is 16.8 Å². The molecule has 2 aromatic heterocycles. The first-order valence-electron chi connectivity index (χ1n) is 8.17. The predicted octanol–water partition coefficient (Wildman–Crippen LogP) is 5.62. The number of aromatic nitrogens is 2. The van der Waals surface area contributed by atoms with Gasteiger partial charge in [0.15, 0.2) is 0 Å². The van der Waals surface area contributed by atoms with Crippen LogP contribution in [-0.4, -0.2) is 28.2 Å². The SMILES string of the molecule is O=C(Nc1cc(Cl)cc(-c2cncs2)c1)c1cc(N2CCCS2)ncc1Cl. The molecular formula is C18H14Cl2N4OS2. The summed E-state index contributed by atoms with van der Waals surface area (Å²) in [5.41, 5.74) is 3.63. The van der Waals surface area contributed by atoms with Gasteiger partial charge in [-0.15, -0.1) is 11.3 Å². The molecule has 0 bridgehead atoms. The van der Waals surface area contributed by atoms with Crippen molar-refractivity contribution in [2.24, 2.45) is 0 Å². The molecule has 1 saturated heterocycles. The zero-order chi connectivity index (χ0) is 18.8. The monoisotopic (exact) mass is 436 g/mol. The molecule has 5 nitrogen and oxygen atoms in total. The van der Waals surface area contributed by atoms with E-state index < -0.39 is 0 Å². The van der Waals surface area contributed by atoms with E-state index in [0.29, 0.717) is 21.3 Å². The van der Waals surface area contributed by atoms with Gasteiger partial charge < -0.3 is 9.62 Å². The predicted molar refractivity (Wildman–Crippen MR) is 114 cm³/mol. The minimum absolute atomic E-state index is 0.301. The molecule has 0 aliphatic carbocycles. The van der Waals surface area contributed by atoms with Crippen molar-refractivity contribution in [1.82, 2.24) is 9.97 Å². The van der Waals surface area contributed by atoms with Crippen LogP contribution in [0.3, 0.4) is 0 Å². The molecule has 0 unspecified atom stereocenters. The number of hydrogen-bond acceptors (Lipinski definition) is 6. The van der Waals surface area contributed by atoms with Crippen LogP contribution in [0.2, 0.25) is 10.0 Å². The second-order valence-electron chi connectivity index (χ2n) is 5.86. The number of nitrogens with zero attached hydrogens (tertiary/aromatic N) is 3. The Bertz CT molecular complexity index is 975. The van der Waals surface area contributed by atoms with Crippen molar-refractivity contribution in [1.29, 1.82) is 0 Å². The topological polar surface area (TPSA) is 58.1 Å². The summed E-state index contributed by atoms with van der Waals surface area (Å²) in [4.78, 5) is 22.2. The van der Waals surface area contributed by atoms with E-state index in [1.807, 2.05) is 12.1 Å². The normalized spacial score (nSPS) is 13.8. The average molecular weight is 437 g/mol. The molecule has 1 N–H and O–H groups in total. The molecule has 3 heterocycles. The molecule has 1 amide bonds. The molecule has 1 fully saturated rings. The quantitative estimate of drug-likeness (QED) is 0.537. The average Bonchev–Trinajstić information content (AvgIpc) is 3.35. The van der Waals surface area contributed by atoms with Gasteiger partial charge in [0.05, 0.1) is 21.0 Å². The molecule has 1 aliphatic heterocycles. The van der Waals surface area contributed by atoms with Gasteiger partial charge >= 0.3 is 0 Å². The largest absolute Gasteiger partial charge is 0.322 e. The van der Waals surface area contributed by atoms with E-state index in [4.69, 9.17) is 23.2 Å². The lowest BCUT2D eigenvalue weighted by Gasteiger charge is -2.16. The van der Waals surface area contributed by atoms with Gasteiger partial charge in [-0.3, -0.25) is 9.78 Å². The Morgan fingerprint density at radius 3 is 2.81 bits per heavy atom. The van der Waals surface area contributed by atoms with Gasteiger partial charge in [0.25, 0.3) is 5.91 Å². The number of hydrogen-bond donors (Lipinski definition) is 1. The summed E-state index contributed by atoms with van der Waals surface area (Å²) in [6, 6.07) is 7.14. The maximum Gasteiger partial charge on any atom is 0.257 e. The molecule has 0 saturated carbocycles. The van der Waals surface area contributed by atoms with Crippen LogP contribution in [0.25, 0.3) is 10.4 Å². The van der Waals surface area contributed by atoms with Crippen molar-refractivity contribution in [3.63, 3.8) is 0 Å². The van der Waals surface area contributed by atoms with Crippen molar-refractivity contribution in [2.75, 3.05) is 21.9 Å². The maximum absolute atomic E-state index is 12.8. The van der Waals surface area contributed by atoms with Crippen molar-refractivity contribution in [2.45, 2.75) is 6.42 Å². The van der Waals surface area contributed by atoms with Crippen LogP contribution in [0.15, 0.2) is 42.2 Å².